The van der Waals surface area contributed by atoms with Crippen molar-refractivity contribution >= 4 is 5.91 Å². The Kier molecular flexibility index (Phi) is 3.17. The minimum atomic E-state index is -0.157. The van der Waals surface area contributed by atoms with E-state index < -0.39 is 0 Å². The molecule has 6 heteroatoms. The van der Waals surface area contributed by atoms with Crippen LogP contribution in [0.1, 0.15) is 32.6 Å². The molecular weight excluding hydrogens is 206 g/mol. The first kappa shape index (κ1) is 11.0. The van der Waals surface area contributed by atoms with Crippen molar-refractivity contribution in [2.45, 2.75) is 39.2 Å². The zero-order valence-electron chi connectivity index (χ0n) is 9.52. The molecule has 1 N–H and O–H groups in total. The van der Waals surface area contributed by atoms with Gasteiger partial charge in [0.15, 0.2) is 6.33 Å². The van der Waals surface area contributed by atoms with Crippen LogP contribution in [0.5, 0.6) is 0 Å². The van der Waals surface area contributed by atoms with E-state index in [1.165, 1.54) is 11.1 Å². The summed E-state index contributed by atoms with van der Waals surface area (Å²) in [5.41, 5.74) is -0.157. The standard InChI is InChI=1S/C10H17N5O/c1-10(4-2-3-5-10)9(16)11-6-7-15-13-8-12-14-15/h8H,2-7H2,1H3,(H,11,16). The second-order valence-electron chi connectivity index (χ2n) is 4.56. The number of amides is 1. The average molecular weight is 223 g/mol. The van der Waals surface area contributed by atoms with E-state index >= 15 is 0 Å². The Balaban J connectivity index is 1.75. The van der Waals surface area contributed by atoms with Gasteiger partial charge in [-0.15, -0.1) is 10.2 Å². The van der Waals surface area contributed by atoms with Crippen LogP contribution in [-0.4, -0.2) is 32.7 Å². The first-order chi connectivity index (χ1) is 7.71. The third-order valence-corrected chi connectivity index (χ3v) is 3.24. The molecule has 0 saturated heterocycles. The SMILES string of the molecule is CC1(C(=O)NCCn2ncnn2)CCCC1. The third kappa shape index (κ3) is 2.37. The maximum Gasteiger partial charge on any atom is 0.226 e. The summed E-state index contributed by atoms with van der Waals surface area (Å²) in [6.45, 7) is 3.18. The van der Waals surface area contributed by atoms with Crippen molar-refractivity contribution in [1.82, 2.24) is 25.5 Å². The Hall–Kier alpha value is -1.46. The first-order valence-corrected chi connectivity index (χ1v) is 5.70. The quantitative estimate of drug-likeness (QED) is 0.800. The summed E-state index contributed by atoms with van der Waals surface area (Å²) in [5, 5.41) is 14.1. The highest BCUT2D eigenvalue weighted by Gasteiger charge is 2.35. The second-order valence-corrected chi connectivity index (χ2v) is 4.56. The summed E-state index contributed by atoms with van der Waals surface area (Å²) in [6, 6.07) is 0. The van der Waals surface area contributed by atoms with Gasteiger partial charge in [-0.05, 0) is 18.1 Å². The lowest BCUT2D eigenvalue weighted by atomic mass is 9.88. The average Bonchev–Trinajstić information content (AvgIpc) is 2.90. The zero-order valence-corrected chi connectivity index (χ0v) is 9.52. The fraction of sp³-hybridized carbons (Fsp3) is 0.800. The Labute approximate surface area is 94.4 Å². The molecule has 1 amide bonds. The van der Waals surface area contributed by atoms with E-state index in [9.17, 15) is 4.79 Å². The minimum Gasteiger partial charge on any atom is -0.354 e. The number of rotatable bonds is 4. The molecule has 1 aromatic rings. The van der Waals surface area contributed by atoms with Gasteiger partial charge in [0.05, 0.1) is 6.54 Å². The number of tetrazole rings is 1. The number of hydrogen-bond donors (Lipinski definition) is 1. The molecule has 1 aromatic heterocycles. The zero-order chi connectivity index (χ0) is 11.4. The van der Waals surface area contributed by atoms with Gasteiger partial charge in [-0.25, -0.2) is 0 Å². The van der Waals surface area contributed by atoms with Gasteiger partial charge < -0.3 is 5.32 Å². The highest BCUT2D eigenvalue weighted by atomic mass is 16.2. The van der Waals surface area contributed by atoms with E-state index in [4.69, 9.17) is 0 Å². The largest absolute Gasteiger partial charge is 0.354 e. The number of hydrogen-bond acceptors (Lipinski definition) is 4. The summed E-state index contributed by atoms with van der Waals surface area (Å²) < 4.78 is 0. The number of carbonyl (C=O) groups is 1. The Morgan fingerprint density at radius 3 is 2.88 bits per heavy atom. The summed E-state index contributed by atoms with van der Waals surface area (Å²) in [4.78, 5) is 13.4. The maximum atomic E-state index is 11.9. The van der Waals surface area contributed by atoms with Crippen LogP contribution in [0.3, 0.4) is 0 Å². The highest BCUT2D eigenvalue weighted by molar-refractivity contribution is 5.82. The van der Waals surface area contributed by atoms with E-state index in [-0.39, 0.29) is 11.3 Å². The summed E-state index contributed by atoms with van der Waals surface area (Å²) in [7, 11) is 0. The highest BCUT2D eigenvalue weighted by Crippen LogP contribution is 2.37. The van der Waals surface area contributed by atoms with Crippen LogP contribution in [0.15, 0.2) is 6.33 Å². The fourth-order valence-electron chi connectivity index (χ4n) is 2.16. The predicted octanol–water partition coefficient (Wildman–Crippen LogP) is 0.370. The minimum absolute atomic E-state index is 0.157. The van der Waals surface area contributed by atoms with Gasteiger partial charge in [0, 0.05) is 12.0 Å². The molecule has 2 rings (SSSR count). The molecule has 0 atom stereocenters. The molecule has 1 aliphatic carbocycles. The van der Waals surface area contributed by atoms with E-state index in [2.05, 4.69) is 20.7 Å². The van der Waals surface area contributed by atoms with Gasteiger partial charge in [0.1, 0.15) is 0 Å². The normalized spacial score (nSPS) is 18.6. The van der Waals surface area contributed by atoms with Crippen molar-refractivity contribution in [3.05, 3.63) is 6.33 Å². The number of aromatic nitrogens is 4. The summed E-state index contributed by atoms with van der Waals surface area (Å²) in [5.74, 6) is 0.158. The van der Waals surface area contributed by atoms with Crippen LogP contribution in [0, 0.1) is 5.41 Å². The molecule has 0 bridgehead atoms. The smallest absolute Gasteiger partial charge is 0.226 e. The van der Waals surface area contributed by atoms with E-state index in [0.29, 0.717) is 13.1 Å². The first-order valence-electron chi connectivity index (χ1n) is 5.70. The molecule has 88 valence electrons. The number of nitrogens with one attached hydrogen (secondary N) is 1. The van der Waals surface area contributed by atoms with Crippen LogP contribution in [0.4, 0.5) is 0 Å². The number of nitrogens with zero attached hydrogens (tertiary/aromatic N) is 4. The molecule has 0 aliphatic heterocycles. The van der Waals surface area contributed by atoms with Gasteiger partial charge in [-0.2, -0.15) is 4.80 Å². The molecule has 0 aromatic carbocycles. The van der Waals surface area contributed by atoms with Crippen LogP contribution < -0.4 is 5.32 Å². The summed E-state index contributed by atoms with van der Waals surface area (Å²) in [6.07, 6.45) is 5.71. The van der Waals surface area contributed by atoms with Gasteiger partial charge in [-0.1, -0.05) is 19.8 Å². The van der Waals surface area contributed by atoms with Crippen molar-refractivity contribution in [3.63, 3.8) is 0 Å². The molecular formula is C10H17N5O. The van der Waals surface area contributed by atoms with Gasteiger partial charge >= 0.3 is 0 Å². The third-order valence-electron chi connectivity index (χ3n) is 3.24. The van der Waals surface area contributed by atoms with Crippen molar-refractivity contribution in [2.24, 2.45) is 5.41 Å². The fourth-order valence-corrected chi connectivity index (χ4v) is 2.16. The Morgan fingerprint density at radius 2 is 2.25 bits per heavy atom. The van der Waals surface area contributed by atoms with Crippen LogP contribution in [0.25, 0.3) is 0 Å². The van der Waals surface area contributed by atoms with Crippen molar-refractivity contribution < 1.29 is 4.79 Å². The molecule has 0 radical (unpaired) electrons. The lowest BCUT2D eigenvalue weighted by Crippen LogP contribution is -2.38. The topological polar surface area (TPSA) is 72.7 Å². The molecule has 0 spiro atoms. The lowest BCUT2D eigenvalue weighted by molar-refractivity contribution is -0.129. The van der Waals surface area contributed by atoms with Gasteiger partial charge in [0.2, 0.25) is 5.91 Å². The number of carbonyl (C=O) groups excluding carboxylic acids is 1. The van der Waals surface area contributed by atoms with Gasteiger partial charge in [-0.3, -0.25) is 4.79 Å². The molecule has 1 heterocycles. The van der Waals surface area contributed by atoms with E-state index in [0.717, 1.165) is 25.7 Å². The van der Waals surface area contributed by atoms with Crippen LogP contribution >= 0.6 is 0 Å². The maximum absolute atomic E-state index is 11.9. The van der Waals surface area contributed by atoms with E-state index in [1.54, 1.807) is 0 Å². The molecule has 1 saturated carbocycles. The molecule has 16 heavy (non-hydrogen) atoms. The molecule has 1 fully saturated rings. The van der Waals surface area contributed by atoms with Crippen LogP contribution in [-0.2, 0) is 11.3 Å². The lowest BCUT2D eigenvalue weighted by Gasteiger charge is -2.21. The monoisotopic (exact) mass is 223 g/mol. The second kappa shape index (κ2) is 4.59. The molecule has 1 aliphatic rings. The Morgan fingerprint density at radius 1 is 1.50 bits per heavy atom. The summed E-state index contributed by atoms with van der Waals surface area (Å²) >= 11 is 0. The van der Waals surface area contributed by atoms with Crippen molar-refractivity contribution in [2.75, 3.05) is 6.54 Å². The van der Waals surface area contributed by atoms with E-state index in [1.807, 2.05) is 6.92 Å². The van der Waals surface area contributed by atoms with Crippen molar-refractivity contribution in [1.29, 1.82) is 0 Å². The Bertz CT molecular complexity index is 342. The van der Waals surface area contributed by atoms with Crippen LogP contribution in [0.2, 0.25) is 0 Å². The van der Waals surface area contributed by atoms with Gasteiger partial charge in [0.25, 0.3) is 0 Å². The molecule has 0 unspecified atom stereocenters. The van der Waals surface area contributed by atoms with Crippen molar-refractivity contribution in [3.8, 4) is 0 Å². The predicted molar refractivity (Wildman–Crippen MR) is 57.4 cm³/mol. The molecule has 6 nitrogen and oxygen atoms in total.